The summed E-state index contributed by atoms with van der Waals surface area (Å²) in [5.74, 6) is -0.426. The van der Waals surface area contributed by atoms with Crippen LogP contribution in [0.15, 0.2) is 18.2 Å². The quantitative estimate of drug-likeness (QED) is 0.895. The highest BCUT2D eigenvalue weighted by Crippen LogP contribution is 2.49. The molecule has 0 saturated heterocycles. The maximum atomic E-state index is 13.1. The van der Waals surface area contributed by atoms with Gasteiger partial charge in [-0.3, -0.25) is 0 Å². The van der Waals surface area contributed by atoms with Crippen molar-refractivity contribution in [2.24, 2.45) is 5.41 Å². The van der Waals surface area contributed by atoms with E-state index in [0.717, 1.165) is 24.8 Å². The number of nitriles is 1. The maximum Gasteiger partial charge on any atom is 0.141 e. The predicted molar refractivity (Wildman–Crippen MR) is 65.1 cm³/mol. The number of hydrogen-bond donors (Lipinski definition) is 1. The molecule has 0 heterocycles. The minimum Gasteiger partial charge on any atom is -0.312 e. The lowest BCUT2D eigenvalue weighted by Crippen LogP contribution is -2.40. The molecule has 0 aromatic heterocycles. The fourth-order valence-electron chi connectivity index (χ4n) is 2.48. The van der Waals surface area contributed by atoms with Crippen LogP contribution in [0.4, 0.5) is 4.39 Å². The molecule has 0 aliphatic heterocycles. The number of nitrogens with zero attached hydrogens (tertiary/aromatic N) is 1. The smallest absolute Gasteiger partial charge is 0.141 e. The van der Waals surface area contributed by atoms with Gasteiger partial charge in [0.25, 0.3) is 0 Å². The number of benzene rings is 1. The van der Waals surface area contributed by atoms with Gasteiger partial charge in [0.2, 0.25) is 0 Å². The lowest BCUT2D eigenvalue weighted by Gasteiger charge is -2.42. The molecule has 1 atom stereocenters. The Morgan fingerprint density at radius 1 is 1.53 bits per heavy atom. The Morgan fingerprint density at radius 2 is 2.24 bits per heavy atom. The van der Waals surface area contributed by atoms with Crippen molar-refractivity contribution in [1.29, 1.82) is 5.26 Å². The Hall–Kier alpha value is -1.11. The third kappa shape index (κ3) is 2.03. The normalized spacial score (nSPS) is 19.2. The molecule has 0 radical (unpaired) electrons. The summed E-state index contributed by atoms with van der Waals surface area (Å²) in [5.41, 5.74) is 0.510. The average molecular weight is 253 g/mol. The highest BCUT2D eigenvalue weighted by molar-refractivity contribution is 6.30. The van der Waals surface area contributed by atoms with Crippen LogP contribution in [-0.4, -0.2) is 7.05 Å². The first-order valence-electron chi connectivity index (χ1n) is 5.66. The first-order valence-corrected chi connectivity index (χ1v) is 6.04. The number of hydrogen-bond acceptors (Lipinski definition) is 2. The summed E-state index contributed by atoms with van der Waals surface area (Å²) >= 11 is 5.78. The highest BCUT2D eigenvalue weighted by atomic mass is 35.5. The lowest BCUT2D eigenvalue weighted by molar-refractivity contribution is 0.149. The van der Waals surface area contributed by atoms with Crippen LogP contribution in [0.3, 0.4) is 0 Å². The Bertz CT molecular complexity index is 463. The van der Waals surface area contributed by atoms with Crippen LogP contribution in [-0.2, 0) is 0 Å². The predicted octanol–water partition coefficient (Wildman–Crippen LogP) is 3.43. The molecule has 0 amide bonds. The lowest BCUT2D eigenvalue weighted by atomic mass is 9.63. The molecule has 1 aliphatic carbocycles. The summed E-state index contributed by atoms with van der Waals surface area (Å²) < 4.78 is 13.1. The molecule has 0 bridgehead atoms. The zero-order valence-electron chi connectivity index (χ0n) is 9.63. The van der Waals surface area contributed by atoms with E-state index in [2.05, 4.69) is 11.4 Å². The van der Waals surface area contributed by atoms with Gasteiger partial charge in [0, 0.05) is 0 Å². The van der Waals surface area contributed by atoms with Crippen LogP contribution in [0.25, 0.3) is 0 Å². The standard InChI is InChI=1S/C13H14ClFN2/c1-17-12(13(8-16)5-2-6-13)9-3-4-11(15)10(14)7-9/h3-4,7,12,17H,2,5-6H2,1H3. The van der Waals surface area contributed by atoms with Gasteiger partial charge in [-0.25, -0.2) is 4.39 Å². The Labute approximate surface area is 105 Å². The molecule has 2 rings (SSSR count). The summed E-state index contributed by atoms with van der Waals surface area (Å²) in [7, 11) is 1.82. The van der Waals surface area contributed by atoms with E-state index in [9.17, 15) is 9.65 Å². The first kappa shape index (κ1) is 12.3. The van der Waals surface area contributed by atoms with Crippen molar-refractivity contribution in [1.82, 2.24) is 5.32 Å². The van der Waals surface area contributed by atoms with Crippen molar-refractivity contribution in [2.75, 3.05) is 7.05 Å². The van der Waals surface area contributed by atoms with E-state index < -0.39 is 5.82 Å². The number of halogens is 2. The van der Waals surface area contributed by atoms with Crippen molar-refractivity contribution < 1.29 is 4.39 Å². The van der Waals surface area contributed by atoms with Gasteiger partial charge in [-0.1, -0.05) is 24.1 Å². The summed E-state index contributed by atoms with van der Waals surface area (Å²) in [4.78, 5) is 0. The Morgan fingerprint density at radius 3 is 2.65 bits per heavy atom. The SMILES string of the molecule is CNC(c1ccc(F)c(Cl)c1)C1(C#N)CCC1. The van der Waals surface area contributed by atoms with E-state index in [-0.39, 0.29) is 16.5 Å². The van der Waals surface area contributed by atoms with E-state index in [1.165, 1.54) is 6.07 Å². The monoisotopic (exact) mass is 252 g/mol. The van der Waals surface area contributed by atoms with Crippen molar-refractivity contribution in [3.05, 3.63) is 34.6 Å². The number of nitrogens with one attached hydrogen (secondary N) is 1. The van der Waals surface area contributed by atoms with Crippen LogP contribution < -0.4 is 5.32 Å². The molecule has 1 aromatic carbocycles. The molecule has 1 saturated carbocycles. The fourth-order valence-corrected chi connectivity index (χ4v) is 2.67. The second kappa shape index (κ2) is 4.64. The molecule has 0 spiro atoms. The second-order valence-corrected chi connectivity index (χ2v) is 4.92. The summed E-state index contributed by atoms with van der Waals surface area (Å²) in [6, 6.07) is 6.97. The molecule has 1 fully saturated rings. The van der Waals surface area contributed by atoms with Crippen LogP contribution in [0.2, 0.25) is 5.02 Å². The van der Waals surface area contributed by atoms with Crippen molar-refractivity contribution in [3.8, 4) is 6.07 Å². The summed E-state index contributed by atoms with van der Waals surface area (Å²) in [5, 5.41) is 12.6. The largest absolute Gasteiger partial charge is 0.312 e. The van der Waals surface area contributed by atoms with Crippen LogP contribution in [0.1, 0.15) is 30.9 Å². The van der Waals surface area contributed by atoms with Gasteiger partial charge in [0.15, 0.2) is 0 Å². The summed E-state index contributed by atoms with van der Waals surface area (Å²) in [6.45, 7) is 0. The molecule has 1 unspecified atom stereocenters. The maximum absolute atomic E-state index is 13.1. The Kier molecular flexibility index (Phi) is 3.37. The minimum absolute atomic E-state index is 0.0839. The van der Waals surface area contributed by atoms with Gasteiger partial charge in [-0.05, 0) is 37.6 Å². The molecular formula is C13H14ClFN2. The van der Waals surface area contributed by atoms with Gasteiger partial charge in [-0.15, -0.1) is 0 Å². The zero-order valence-corrected chi connectivity index (χ0v) is 10.4. The van der Waals surface area contributed by atoms with E-state index in [0.29, 0.717) is 0 Å². The van der Waals surface area contributed by atoms with E-state index in [4.69, 9.17) is 11.6 Å². The van der Waals surface area contributed by atoms with Crippen LogP contribution >= 0.6 is 11.6 Å². The Balaban J connectivity index is 2.36. The fraction of sp³-hybridized carbons (Fsp3) is 0.462. The van der Waals surface area contributed by atoms with E-state index in [1.807, 2.05) is 7.05 Å². The van der Waals surface area contributed by atoms with Crippen LogP contribution in [0, 0.1) is 22.6 Å². The molecule has 1 aromatic rings. The first-order chi connectivity index (χ1) is 8.13. The van der Waals surface area contributed by atoms with Gasteiger partial charge < -0.3 is 5.32 Å². The second-order valence-electron chi connectivity index (χ2n) is 4.52. The molecule has 17 heavy (non-hydrogen) atoms. The molecule has 4 heteroatoms. The van der Waals surface area contributed by atoms with Gasteiger partial charge in [-0.2, -0.15) is 5.26 Å². The van der Waals surface area contributed by atoms with Gasteiger partial charge in [0.05, 0.1) is 22.5 Å². The molecule has 90 valence electrons. The number of rotatable bonds is 3. The van der Waals surface area contributed by atoms with E-state index >= 15 is 0 Å². The highest BCUT2D eigenvalue weighted by Gasteiger charge is 2.44. The van der Waals surface area contributed by atoms with E-state index in [1.54, 1.807) is 12.1 Å². The summed E-state index contributed by atoms with van der Waals surface area (Å²) in [6.07, 6.45) is 2.83. The van der Waals surface area contributed by atoms with Crippen molar-refractivity contribution in [2.45, 2.75) is 25.3 Å². The van der Waals surface area contributed by atoms with Gasteiger partial charge >= 0.3 is 0 Å². The van der Waals surface area contributed by atoms with Gasteiger partial charge in [0.1, 0.15) is 5.82 Å². The molecular weight excluding hydrogens is 239 g/mol. The van der Waals surface area contributed by atoms with Crippen molar-refractivity contribution >= 4 is 11.6 Å². The third-order valence-corrected chi connectivity index (χ3v) is 3.88. The molecule has 1 N–H and O–H groups in total. The van der Waals surface area contributed by atoms with Crippen molar-refractivity contribution in [3.63, 3.8) is 0 Å². The van der Waals surface area contributed by atoms with Crippen LogP contribution in [0.5, 0.6) is 0 Å². The average Bonchev–Trinajstić information content (AvgIpc) is 2.27. The minimum atomic E-state index is -0.426. The molecule has 2 nitrogen and oxygen atoms in total. The molecule has 1 aliphatic rings. The topological polar surface area (TPSA) is 35.8 Å². The zero-order chi connectivity index (χ0) is 12.5. The third-order valence-electron chi connectivity index (χ3n) is 3.59.